The molecule has 1 saturated heterocycles. The maximum atomic E-state index is 12.4. The summed E-state index contributed by atoms with van der Waals surface area (Å²) in [6, 6.07) is 9.16. The molecule has 0 amide bonds. The molecule has 2 heterocycles. The molecule has 2 aromatic rings. The number of aromatic hydroxyl groups is 1. The number of hydrogen-bond acceptors (Lipinski definition) is 6. The molecule has 1 aliphatic rings. The standard InChI is InChI=1S/C20H25N3O3/c1-22(2)15-8-9-23(13-15)20-7-4-14(12-21-20)10-18(24)17-6-5-16(26-3)11-19(17)25/h4-7,11-12,15,25H,8-10,13H2,1-3H3. The number of Topliss-reactive ketones (excluding diaryl/α,β-unsaturated/α-hetero) is 1. The van der Waals surface area contributed by atoms with Crippen LogP contribution in [0.4, 0.5) is 5.82 Å². The van der Waals surface area contributed by atoms with Crippen LogP contribution in [0.25, 0.3) is 0 Å². The molecule has 1 N–H and O–H groups in total. The van der Waals surface area contributed by atoms with Gasteiger partial charge in [0.1, 0.15) is 17.3 Å². The number of anilines is 1. The van der Waals surface area contributed by atoms with Gasteiger partial charge in [0, 0.05) is 37.8 Å². The van der Waals surface area contributed by atoms with Crippen LogP contribution in [0.5, 0.6) is 11.5 Å². The molecular formula is C20H25N3O3. The molecule has 1 aliphatic heterocycles. The van der Waals surface area contributed by atoms with Gasteiger partial charge in [-0.2, -0.15) is 0 Å². The van der Waals surface area contributed by atoms with E-state index in [1.165, 1.54) is 13.2 Å². The van der Waals surface area contributed by atoms with E-state index >= 15 is 0 Å². The molecule has 138 valence electrons. The van der Waals surface area contributed by atoms with Gasteiger partial charge in [-0.3, -0.25) is 4.79 Å². The van der Waals surface area contributed by atoms with Gasteiger partial charge in [0.15, 0.2) is 5.78 Å². The van der Waals surface area contributed by atoms with Crippen LogP contribution in [0.3, 0.4) is 0 Å². The number of benzene rings is 1. The van der Waals surface area contributed by atoms with Crippen LogP contribution in [-0.2, 0) is 6.42 Å². The van der Waals surface area contributed by atoms with E-state index in [1.54, 1.807) is 18.3 Å². The third-order valence-corrected chi connectivity index (χ3v) is 4.90. The molecular weight excluding hydrogens is 330 g/mol. The molecule has 6 heteroatoms. The summed E-state index contributed by atoms with van der Waals surface area (Å²) in [4.78, 5) is 21.5. The molecule has 0 bridgehead atoms. The lowest BCUT2D eigenvalue weighted by Crippen LogP contribution is -2.31. The largest absolute Gasteiger partial charge is 0.507 e. The van der Waals surface area contributed by atoms with Crippen LogP contribution in [0.1, 0.15) is 22.3 Å². The summed E-state index contributed by atoms with van der Waals surface area (Å²) in [5.74, 6) is 1.25. The van der Waals surface area contributed by atoms with Gasteiger partial charge in [-0.15, -0.1) is 0 Å². The topological polar surface area (TPSA) is 65.9 Å². The lowest BCUT2D eigenvalue weighted by atomic mass is 10.0. The number of pyridine rings is 1. The van der Waals surface area contributed by atoms with Gasteiger partial charge in [-0.05, 0) is 44.3 Å². The first-order chi connectivity index (χ1) is 12.5. The van der Waals surface area contributed by atoms with Crippen molar-refractivity contribution in [2.45, 2.75) is 18.9 Å². The van der Waals surface area contributed by atoms with Gasteiger partial charge >= 0.3 is 0 Å². The smallest absolute Gasteiger partial charge is 0.171 e. The summed E-state index contributed by atoms with van der Waals surface area (Å²) >= 11 is 0. The Bertz CT molecular complexity index is 774. The predicted octanol–water partition coefficient (Wildman–Crippen LogP) is 2.36. The molecule has 1 fully saturated rings. The number of phenols is 1. The Hall–Kier alpha value is -2.60. The number of ketones is 1. The number of hydrogen-bond donors (Lipinski definition) is 1. The molecule has 1 aromatic carbocycles. The van der Waals surface area contributed by atoms with E-state index in [4.69, 9.17) is 4.74 Å². The van der Waals surface area contributed by atoms with Crippen LogP contribution >= 0.6 is 0 Å². The molecule has 6 nitrogen and oxygen atoms in total. The van der Waals surface area contributed by atoms with Crippen molar-refractivity contribution in [2.75, 3.05) is 39.2 Å². The van der Waals surface area contributed by atoms with Crippen molar-refractivity contribution >= 4 is 11.6 Å². The highest BCUT2D eigenvalue weighted by atomic mass is 16.5. The van der Waals surface area contributed by atoms with Crippen molar-refractivity contribution in [3.05, 3.63) is 47.7 Å². The van der Waals surface area contributed by atoms with Crippen molar-refractivity contribution in [3.8, 4) is 11.5 Å². The van der Waals surface area contributed by atoms with Crippen molar-refractivity contribution in [1.82, 2.24) is 9.88 Å². The highest BCUT2D eigenvalue weighted by molar-refractivity contribution is 6.00. The fourth-order valence-corrected chi connectivity index (χ4v) is 3.23. The maximum absolute atomic E-state index is 12.4. The zero-order valence-electron chi connectivity index (χ0n) is 15.5. The van der Waals surface area contributed by atoms with Crippen LogP contribution in [0, 0.1) is 0 Å². The van der Waals surface area contributed by atoms with E-state index in [9.17, 15) is 9.90 Å². The Labute approximate surface area is 154 Å². The van der Waals surface area contributed by atoms with Crippen LogP contribution in [0.15, 0.2) is 36.5 Å². The van der Waals surface area contributed by atoms with Crippen LogP contribution < -0.4 is 9.64 Å². The summed E-state index contributed by atoms with van der Waals surface area (Å²) < 4.78 is 5.04. The summed E-state index contributed by atoms with van der Waals surface area (Å²) in [6.07, 6.45) is 3.08. The lowest BCUT2D eigenvalue weighted by Gasteiger charge is -2.21. The molecule has 3 rings (SSSR count). The molecule has 0 aliphatic carbocycles. The monoisotopic (exact) mass is 355 g/mol. The van der Waals surface area contributed by atoms with Crippen molar-refractivity contribution in [2.24, 2.45) is 0 Å². The van der Waals surface area contributed by atoms with Gasteiger partial charge in [-0.1, -0.05) is 6.07 Å². The SMILES string of the molecule is COc1ccc(C(=O)Cc2ccc(N3CCC(N(C)C)C3)nc2)c(O)c1. The average molecular weight is 355 g/mol. The zero-order chi connectivity index (χ0) is 18.7. The molecule has 0 spiro atoms. The number of rotatable bonds is 6. The first-order valence-electron chi connectivity index (χ1n) is 8.74. The first-order valence-corrected chi connectivity index (χ1v) is 8.74. The second kappa shape index (κ2) is 7.74. The van der Waals surface area contributed by atoms with E-state index in [2.05, 4.69) is 28.9 Å². The van der Waals surface area contributed by atoms with E-state index in [-0.39, 0.29) is 18.0 Å². The molecule has 1 aromatic heterocycles. The van der Waals surface area contributed by atoms with Gasteiger partial charge in [0.05, 0.1) is 12.7 Å². The van der Waals surface area contributed by atoms with Crippen molar-refractivity contribution in [1.29, 1.82) is 0 Å². The average Bonchev–Trinajstić information content (AvgIpc) is 3.12. The molecule has 0 saturated carbocycles. The van der Waals surface area contributed by atoms with Gasteiger partial charge in [0.25, 0.3) is 0 Å². The molecule has 1 unspecified atom stereocenters. The third kappa shape index (κ3) is 3.96. The fraction of sp³-hybridized carbons (Fsp3) is 0.400. The second-order valence-electron chi connectivity index (χ2n) is 6.86. The van der Waals surface area contributed by atoms with Crippen molar-refractivity contribution in [3.63, 3.8) is 0 Å². The number of methoxy groups -OCH3 is 1. The van der Waals surface area contributed by atoms with E-state index < -0.39 is 0 Å². The number of aromatic nitrogens is 1. The van der Waals surface area contributed by atoms with Crippen molar-refractivity contribution < 1.29 is 14.6 Å². The van der Waals surface area contributed by atoms with Gasteiger partial charge in [0.2, 0.25) is 0 Å². The van der Waals surface area contributed by atoms with Crippen LogP contribution in [0.2, 0.25) is 0 Å². The van der Waals surface area contributed by atoms with Gasteiger partial charge < -0.3 is 19.6 Å². The molecule has 1 atom stereocenters. The predicted molar refractivity (Wildman–Crippen MR) is 101 cm³/mol. The van der Waals surface area contributed by atoms with E-state index in [0.29, 0.717) is 17.4 Å². The number of carbonyl (C=O) groups is 1. The highest BCUT2D eigenvalue weighted by Crippen LogP contribution is 2.25. The summed E-state index contributed by atoms with van der Waals surface area (Å²) in [5, 5.41) is 10.0. The Balaban J connectivity index is 1.65. The van der Waals surface area contributed by atoms with E-state index in [0.717, 1.165) is 30.9 Å². The normalized spacial score (nSPS) is 16.9. The number of ether oxygens (including phenoxy) is 1. The summed E-state index contributed by atoms with van der Waals surface area (Å²) in [7, 11) is 5.72. The Morgan fingerprint density at radius 3 is 2.73 bits per heavy atom. The minimum Gasteiger partial charge on any atom is -0.507 e. The number of likely N-dealkylation sites (N-methyl/N-ethyl adjacent to an activating group) is 1. The lowest BCUT2D eigenvalue weighted by molar-refractivity contribution is 0.0990. The minimum atomic E-state index is -0.145. The Morgan fingerprint density at radius 1 is 1.35 bits per heavy atom. The first kappa shape index (κ1) is 18.2. The van der Waals surface area contributed by atoms with Crippen LogP contribution in [-0.4, -0.2) is 61.1 Å². The Morgan fingerprint density at radius 2 is 2.15 bits per heavy atom. The number of carbonyl (C=O) groups excluding carboxylic acids is 1. The maximum Gasteiger partial charge on any atom is 0.171 e. The Kier molecular flexibility index (Phi) is 5.42. The number of nitrogens with zero attached hydrogens (tertiary/aromatic N) is 3. The fourth-order valence-electron chi connectivity index (χ4n) is 3.23. The summed E-state index contributed by atoms with van der Waals surface area (Å²) in [5.41, 5.74) is 1.13. The molecule has 0 radical (unpaired) electrons. The minimum absolute atomic E-state index is 0.0641. The quantitative estimate of drug-likeness (QED) is 0.803. The highest BCUT2D eigenvalue weighted by Gasteiger charge is 2.24. The number of phenolic OH excluding ortho intramolecular Hbond substituents is 1. The van der Waals surface area contributed by atoms with E-state index in [1.807, 2.05) is 12.1 Å². The zero-order valence-corrected chi connectivity index (χ0v) is 15.5. The van der Waals surface area contributed by atoms with Gasteiger partial charge in [-0.25, -0.2) is 4.98 Å². The third-order valence-electron chi connectivity index (χ3n) is 4.90. The molecule has 26 heavy (non-hydrogen) atoms. The second-order valence-corrected chi connectivity index (χ2v) is 6.86. The summed E-state index contributed by atoms with van der Waals surface area (Å²) in [6.45, 7) is 1.96.